The predicted molar refractivity (Wildman–Crippen MR) is 48.3 cm³/mol. The van der Waals surface area contributed by atoms with Crippen molar-refractivity contribution in [1.29, 1.82) is 0 Å². The van der Waals surface area contributed by atoms with Gasteiger partial charge in [0.05, 0.1) is 5.92 Å². The molecular formula is C10H14O3. The van der Waals surface area contributed by atoms with Gasteiger partial charge in [-0.15, -0.1) is 0 Å². The van der Waals surface area contributed by atoms with Crippen molar-refractivity contribution in [3.63, 3.8) is 0 Å². The molecular weight excluding hydrogens is 168 g/mol. The maximum absolute atomic E-state index is 11.4. The lowest BCUT2D eigenvalue weighted by Gasteiger charge is -2.11. The minimum atomic E-state index is -0.833. The van der Waals surface area contributed by atoms with Crippen molar-refractivity contribution in [2.45, 2.75) is 26.2 Å². The third-order valence-corrected chi connectivity index (χ3v) is 2.53. The van der Waals surface area contributed by atoms with Gasteiger partial charge in [0.15, 0.2) is 5.78 Å². The molecule has 2 unspecified atom stereocenters. The lowest BCUT2D eigenvalue weighted by molar-refractivity contribution is -0.144. The third kappa shape index (κ3) is 2.17. The molecule has 2 atom stereocenters. The van der Waals surface area contributed by atoms with Gasteiger partial charge in [-0.25, -0.2) is 0 Å². The molecule has 0 aromatic carbocycles. The zero-order valence-electron chi connectivity index (χ0n) is 7.69. The average Bonchev–Trinajstić information content (AvgIpc) is 2.52. The largest absolute Gasteiger partial charge is 0.481 e. The molecule has 1 N–H and O–H groups in total. The molecule has 0 heterocycles. The summed E-state index contributed by atoms with van der Waals surface area (Å²) in [6, 6.07) is 0. The predicted octanol–water partition coefficient (Wildman–Crippen LogP) is 1.63. The van der Waals surface area contributed by atoms with Crippen LogP contribution in [0.15, 0.2) is 12.2 Å². The number of hydrogen-bond donors (Lipinski definition) is 1. The van der Waals surface area contributed by atoms with E-state index in [4.69, 9.17) is 5.11 Å². The first-order chi connectivity index (χ1) is 6.16. The molecule has 3 heteroatoms. The molecule has 0 aliphatic heterocycles. The Morgan fingerprint density at radius 2 is 1.92 bits per heavy atom. The molecule has 1 rings (SSSR count). The van der Waals surface area contributed by atoms with Crippen LogP contribution in [0.1, 0.15) is 26.2 Å². The van der Waals surface area contributed by atoms with Crippen molar-refractivity contribution in [3.05, 3.63) is 12.2 Å². The molecule has 0 saturated heterocycles. The first-order valence-corrected chi connectivity index (χ1v) is 4.56. The second-order valence-corrected chi connectivity index (χ2v) is 3.38. The van der Waals surface area contributed by atoms with Crippen molar-refractivity contribution in [2.24, 2.45) is 11.8 Å². The second-order valence-electron chi connectivity index (χ2n) is 3.38. The number of aliphatic carboxylic acids is 1. The third-order valence-electron chi connectivity index (χ3n) is 2.53. The van der Waals surface area contributed by atoms with E-state index in [0.29, 0.717) is 6.42 Å². The van der Waals surface area contributed by atoms with E-state index in [1.807, 2.05) is 0 Å². The Kier molecular flexibility index (Phi) is 3.23. The van der Waals surface area contributed by atoms with Crippen LogP contribution in [0, 0.1) is 11.8 Å². The fourth-order valence-electron chi connectivity index (χ4n) is 1.88. The van der Waals surface area contributed by atoms with Crippen LogP contribution in [0.4, 0.5) is 0 Å². The van der Waals surface area contributed by atoms with Gasteiger partial charge in [0.2, 0.25) is 0 Å². The number of rotatable bonds is 3. The zero-order chi connectivity index (χ0) is 9.84. The van der Waals surface area contributed by atoms with Gasteiger partial charge in [0.25, 0.3) is 0 Å². The summed E-state index contributed by atoms with van der Waals surface area (Å²) < 4.78 is 0. The smallest absolute Gasteiger partial charge is 0.307 e. The Morgan fingerprint density at radius 3 is 2.46 bits per heavy atom. The van der Waals surface area contributed by atoms with Gasteiger partial charge in [-0.1, -0.05) is 12.5 Å². The van der Waals surface area contributed by atoms with E-state index >= 15 is 0 Å². The summed E-state index contributed by atoms with van der Waals surface area (Å²) >= 11 is 0. The monoisotopic (exact) mass is 182 g/mol. The van der Waals surface area contributed by atoms with Gasteiger partial charge in [0, 0.05) is 5.92 Å². The van der Waals surface area contributed by atoms with Gasteiger partial charge in [-0.3, -0.25) is 9.59 Å². The van der Waals surface area contributed by atoms with Gasteiger partial charge in [-0.2, -0.15) is 0 Å². The number of allylic oxidation sites excluding steroid dienone is 2. The zero-order valence-corrected chi connectivity index (χ0v) is 7.69. The molecule has 1 saturated carbocycles. The summed E-state index contributed by atoms with van der Waals surface area (Å²) in [6.45, 7) is 1.77. The number of ketones is 1. The molecule has 3 nitrogen and oxygen atoms in total. The van der Waals surface area contributed by atoms with E-state index in [1.54, 1.807) is 13.0 Å². The lowest BCUT2D eigenvalue weighted by atomic mass is 9.92. The first-order valence-electron chi connectivity index (χ1n) is 4.56. The summed E-state index contributed by atoms with van der Waals surface area (Å²) in [5.74, 6) is -1.61. The molecule has 0 spiro atoms. The number of carbonyl (C=O) groups is 2. The Hall–Kier alpha value is -1.12. The number of carbonyl (C=O) groups excluding carboxylic acids is 1. The summed E-state index contributed by atoms with van der Waals surface area (Å²) in [5.41, 5.74) is 0. The molecule has 0 amide bonds. The van der Waals surface area contributed by atoms with E-state index in [-0.39, 0.29) is 11.7 Å². The molecule has 1 aliphatic rings. The van der Waals surface area contributed by atoms with Gasteiger partial charge in [0.1, 0.15) is 0 Å². The van der Waals surface area contributed by atoms with Crippen molar-refractivity contribution < 1.29 is 14.7 Å². The van der Waals surface area contributed by atoms with Gasteiger partial charge >= 0.3 is 5.97 Å². The van der Waals surface area contributed by atoms with Crippen LogP contribution in [-0.2, 0) is 9.59 Å². The summed E-state index contributed by atoms with van der Waals surface area (Å²) in [6.07, 6.45) is 5.36. The fraction of sp³-hybridized carbons (Fsp3) is 0.600. The second kappa shape index (κ2) is 4.21. The molecule has 0 aromatic rings. The number of carboxylic acid groups (broad SMARTS) is 1. The van der Waals surface area contributed by atoms with E-state index < -0.39 is 11.9 Å². The highest BCUT2D eigenvalue weighted by Crippen LogP contribution is 2.32. The lowest BCUT2D eigenvalue weighted by Crippen LogP contribution is -2.23. The van der Waals surface area contributed by atoms with Crippen molar-refractivity contribution >= 4 is 11.8 Å². The van der Waals surface area contributed by atoms with E-state index in [2.05, 4.69) is 0 Å². The van der Waals surface area contributed by atoms with E-state index in [1.165, 1.54) is 6.08 Å². The number of carboxylic acids is 1. The molecule has 13 heavy (non-hydrogen) atoms. The molecule has 1 aliphatic carbocycles. The fourth-order valence-corrected chi connectivity index (χ4v) is 1.88. The highest BCUT2D eigenvalue weighted by Gasteiger charge is 2.36. The molecule has 0 bridgehead atoms. The van der Waals surface area contributed by atoms with Crippen LogP contribution in [-0.4, -0.2) is 16.9 Å². The van der Waals surface area contributed by atoms with Crippen LogP contribution in [0.2, 0.25) is 0 Å². The van der Waals surface area contributed by atoms with Crippen LogP contribution in [0.25, 0.3) is 0 Å². The number of hydrogen-bond acceptors (Lipinski definition) is 2. The Bertz CT molecular complexity index is 243. The molecule has 0 aromatic heterocycles. The van der Waals surface area contributed by atoms with Gasteiger partial charge < -0.3 is 5.11 Å². The maximum atomic E-state index is 11.4. The van der Waals surface area contributed by atoms with Crippen LogP contribution in [0.5, 0.6) is 0 Å². The SMILES string of the molecule is C/C=C\C(=O)C1CCCC1C(=O)O. The average molecular weight is 182 g/mol. The standard InChI is InChI=1S/C10H14O3/c1-2-4-9(11)7-5-3-6-8(7)10(12)13/h2,4,7-8H,3,5-6H2,1H3,(H,12,13)/b4-2-. The summed E-state index contributed by atoms with van der Waals surface area (Å²) in [4.78, 5) is 22.2. The maximum Gasteiger partial charge on any atom is 0.307 e. The molecule has 72 valence electrons. The first kappa shape index (κ1) is 9.96. The summed E-state index contributed by atoms with van der Waals surface area (Å²) in [5, 5.41) is 8.82. The van der Waals surface area contributed by atoms with Crippen LogP contribution >= 0.6 is 0 Å². The Morgan fingerprint density at radius 1 is 1.31 bits per heavy atom. The quantitative estimate of drug-likeness (QED) is 0.675. The topological polar surface area (TPSA) is 54.4 Å². The Balaban J connectivity index is 2.68. The molecule has 1 fully saturated rings. The highest BCUT2D eigenvalue weighted by molar-refractivity contribution is 5.94. The van der Waals surface area contributed by atoms with Crippen LogP contribution in [0.3, 0.4) is 0 Å². The van der Waals surface area contributed by atoms with Crippen molar-refractivity contribution in [3.8, 4) is 0 Å². The van der Waals surface area contributed by atoms with Crippen molar-refractivity contribution in [1.82, 2.24) is 0 Å². The molecule has 0 radical (unpaired) electrons. The Labute approximate surface area is 77.4 Å². The van der Waals surface area contributed by atoms with Crippen molar-refractivity contribution in [2.75, 3.05) is 0 Å². The summed E-state index contributed by atoms with van der Waals surface area (Å²) in [7, 11) is 0. The highest BCUT2D eigenvalue weighted by atomic mass is 16.4. The van der Waals surface area contributed by atoms with Crippen LogP contribution < -0.4 is 0 Å². The minimum Gasteiger partial charge on any atom is -0.481 e. The normalized spacial score (nSPS) is 28.1. The van der Waals surface area contributed by atoms with Gasteiger partial charge in [-0.05, 0) is 25.8 Å². The van der Waals surface area contributed by atoms with E-state index in [9.17, 15) is 9.59 Å². The van der Waals surface area contributed by atoms with E-state index in [0.717, 1.165) is 12.8 Å². The minimum absolute atomic E-state index is 0.0348.